The lowest BCUT2D eigenvalue weighted by Gasteiger charge is -2.04. The zero-order valence-corrected chi connectivity index (χ0v) is 10.4. The van der Waals surface area contributed by atoms with Gasteiger partial charge in [0.05, 0.1) is 10.7 Å². The van der Waals surface area contributed by atoms with Crippen molar-refractivity contribution in [1.29, 1.82) is 0 Å². The summed E-state index contributed by atoms with van der Waals surface area (Å²) in [5, 5.41) is 11.5. The number of anilines is 2. The van der Waals surface area contributed by atoms with E-state index in [9.17, 15) is 0 Å². The highest BCUT2D eigenvalue weighted by Crippen LogP contribution is 2.28. The third-order valence-corrected chi connectivity index (χ3v) is 3.16. The van der Waals surface area contributed by atoms with Crippen LogP contribution in [0, 0.1) is 3.95 Å². The first-order valence-corrected chi connectivity index (χ1v) is 5.91. The van der Waals surface area contributed by atoms with Gasteiger partial charge >= 0.3 is 0 Å². The summed E-state index contributed by atoms with van der Waals surface area (Å²) in [7, 11) is 0. The van der Waals surface area contributed by atoms with Crippen LogP contribution in [0.15, 0.2) is 18.2 Å². The number of benzene rings is 1. The average Bonchev–Trinajstić information content (AvgIpc) is 2.56. The number of halogens is 2. The fourth-order valence-electron chi connectivity index (χ4n) is 0.989. The van der Waals surface area contributed by atoms with Gasteiger partial charge in [-0.25, -0.2) is 0 Å². The molecule has 7 heteroatoms. The largest absolute Gasteiger partial charge is 0.329 e. The first kappa shape index (κ1) is 10.9. The summed E-state index contributed by atoms with van der Waals surface area (Å²) in [4.78, 5) is 0. The van der Waals surface area contributed by atoms with Crippen LogP contribution in [0.3, 0.4) is 0 Å². The number of aromatic nitrogens is 2. The van der Waals surface area contributed by atoms with Crippen molar-refractivity contribution < 1.29 is 0 Å². The summed E-state index contributed by atoms with van der Waals surface area (Å²) >= 11 is 18.0. The van der Waals surface area contributed by atoms with E-state index in [-0.39, 0.29) is 0 Å². The molecule has 0 spiro atoms. The molecule has 2 N–H and O–H groups in total. The highest BCUT2D eigenvalue weighted by atomic mass is 35.5. The van der Waals surface area contributed by atoms with E-state index in [0.29, 0.717) is 19.1 Å². The van der Waals surface area contributed by atoms with Gasteiger partial charge in [-0.05, 0) is 30.4 Å². The second-order valence-corrected chi connectivity index (χ2v) is 5.18. The van der Waals surface area contributed by atoms with Gasteiger partial charge in [0, 0.05) is 5.02 Å². The average molecular weight is 278 g/mol. The summed E-state index contributed by atoms with van der Waals surface area (Å²) in [6.07, 6.45) is 0. The molecule has 0 atom stereocenters. The van der Waals surface area contributed by atoms with E-state index in [4.69, 9.17) is 35.4 Å². The molecule has 3 nitrogen and oxygen atoms in total. The van der Waals surface area contributed by atoms with Crippen LogP contribution >= 0.6 is 46.8 Å². The molecular formula is C8H5Cl2N3S2. The maximum Gasteiger partial charge on any atom is 0.208 e. The number of H-pyrrole nitrogens is 1. The number of hydrogen-bond acceptors (Lipinski definition) is 4. The maximum absolute atomic E-state index is 5.98. The first-order chi connectivity index (χ1) is 7.15. The molecule has 78 valence electrons. The molecule has 0 radical (unpaired) electrons. The van der Waals surface area contributed by atoms with Crippen molar-refractivity contribution >= 4 is 57.6 Å². The Kier molecular flexibility index (Phi) is 3.25. The number of hydrogen-bond donors (Lipinski definition) is 2. The minimum Gasteiger partial charge on any atom is -0.329 e. The molecule has 1 heterocycles. The van der Waals surface area contributed by atoms with Crippen molar-refractivity contribution in [1.82, 2.24) is 10.2 Å². The Bertz CT molecular complexity index is 535. The molecule has 0 fully saturated rings. The summed E-state index contributed by atoms with van der Waals surface area (Å²) in [5.41, 5.74) is 0.749. The Labute approximate surface area is 105 Å². The van der Waals surface area contributed by atoms with Gasteiger partial charge in [0.15, 0.2) is 3.95 Å². The third kappa shape index (κ3) is 2.69. The van der Waals surface area contributed by atoms with Gasteiger partial charge in [-0.15, -0.1) is 5.10 Å². The van der Waals surface area contributed by atoms with Crippen molar-refractivity contribution in [3.8, 4) is 0 Å². The van der Waals surface area contributed by atoms with Crippen LogP contribution in [0.25, 0.3) is 0 Å². The van der Waals surface area contributed by atoms with Gasteiger partial charge in [0.1, 0.15) is 0 Å². The van der Waals surface area contributed by atoms with Gasteiger partial charge in [-0.3, -0.25) is 5.10 Å². The maximum atomic E-state index is 5.98. The first-order valence-electron chi connectivity index (χ1n) is 3.93. The SMILES string of the molecule is S=c1[nH]nc(Nc2ccc(Cl)cc2Cl)s1. The van der Waals surface area contributed by atoms with Crippen LogP contribution in [0.4, 0.5) is 10.8 Å². The van der Waals surface area contributed by atoms with E-state index >= 15 is 0 Å². The molecule has 0 saturated heterocycles. The molecule has 0 saturated carbocycles. The number of rotatable bonds is 2. The van der Waals surface area contributed by atoms with Crippen LogP contribution in [0.1, 0.15) is 0 Å². The molecule has 2 aromatic rings. The lowest BCUT2D eigenvalue weighted by atomic mass is 10.3. The normalized spacial score (nSPS) is 10.3. The molecule has 15 heavy (non-hydrogen) atoms. The topological polar surface area (TPSA) is 40.7 Å². The fraction of sp³-hybridized carbons (Fsp3) is 0. The molecule has 2 rings (SSSR count). The van der Waals surface area contributed by atoms with E-state index in [1.165, 1.54) is 11.3 Å². The second kappa shape index (κ2) is 4.49. The van der Waals surface area contributed by atoms with E-state index in [1.807, 2.05) is 0 Å². The van der Waals surface area contributed by atoms with Gasteiger partial charge in [0.25, 0.3) is 0 Å². The molecule has 0 aliphatic heterocycles. The highest BCUT2D eigenvalue weighted by molar-refractivity contribution is 7.73. The Hall–Kier alpha value is -0.620. The Morgan fingerprint density at radius 2 is 2.20 bits per heavy atom. The number of nitrogens with one attached hydrogen (secondary N) is 2. The zero-order valence-electron chi connectivity index (χ0n) is 7.25. The minimum atomic E-state index is 0.545. The Morgan fingerprint density at radius 3 is 2.80 bits per heavy atom. The fourth-order valence-corrected chi connectivity index (χ4v) is 2.25. The predicted molar refractivity (Wildman–Crippen MR) is 67.0 cm³/mol. The summed E-state index contributed by atoms with van der Waals surface area (Å²) in [6.45, 7) is 0. The number of nitrogens with zero attached hydrogens (tertiary/aromatic N) is 1. The van der Waals surface area contributed by atoms with Crippen molar-refractivity contribution in [3.05, 3.63) is 32.2 Å². The van der Waals surface area contributed by atoms with E-state index in [2.05, 4.69) is 15.5 Å². The van der Waals surface area contributed by atoms with E-state index in [1.54, 1.807) is 18.2 Å². The summed E-state index contributed by atoms with van der Waals surface area (Å²) in [6, 6.07) is 5.20. The lowest BCUT2D eigenvalue weighted by molar-refractivity contribution is 1.08. The van der Waals surface area contributed by atoms with Crippen molar-refractivity contribution in [2.45, 2.75) is 0 Å². The highest BCUT2D eigenvalue weighted by Gasteiger charge is 2.03. The van der Waals surface area contributed by atoms with Crippen LogP contribution < -0.4 is 5.32 Å². The minimum absolute atomic E-state index is 0.545. The van der Waals surface area contributed by atoms with Crippen molar-refractivity contribution in [2.75, 3.05) is 5.32 Å². The Morgan fingerprint density at radius 1 is 1.40 bits per heavy atom. The summed E-state index contributed by atoms with van der Waals surface area (Å²) < 4.78 is 0.614. The smallest absolute Gasteiger partial charge is 0.208 e. The van der Waals surface area contributed by atoms with E-state index in [0.717, 1.165) is 5.69 Å². The van der Waals surface area contributed by atoms with Crippen LogP contribution in [0.2, 0.25) is 10.0 Å². The monoisotopic (exact) mass is 277 g/mol. The molecule has 0 aliphatic rings. The predicted octanol–water partition coefficient (Wildman–Crippen LogP) is 4.25. The van der Waals surface area contributed by atoms with Crippen LogP contribution in [-0.2, 0) is 0 Å². The number of aromatic amines is 1. The molecule has 1 aromatic carbocycles. The molecular weight excluding hydrogens is 273 g/mol. The van der Waals surface area contributed by atoms with Gasteiger partial charge in [0.2, 0.25) is 5.13 Å². The van der Waals surface area contributed by atoms with Gasteiger partial charge in [-0.2, -0.15) is 0 Å². The lowest BCUT2D eigenvalue weighted by Crippen LogP contribution is -1.90. The molecule has 0 unspecified atom stereocenters. The van der Waals surface area contributed by atoms with Crippen molar-refractivity contribution in [3.63, 3.8) is 0 Å². The van der Waals surface area contributed by atoms with Crippen LogP contribution in [0.5, 0.6) is 0 Å². The zero-order chi connectivity index (χ0) is 10.8. The molecule has 0 amide bonds. The van der Waals surface area contributed by atoms with Gasteiger partial charge in [-0.1, -0.05) is 34.5 Å². The molecule has 0 aliphatic carbocycles. The van der Waals surface area contributed by atoms with E-state index < -0.39 is 0 Å². The van der Waals surface area contributed by atoms with Gasteiger partial charge < -0.3 is 5.32 Å². The quantitative estimate of drug-likeness (QED) is 0.807. The third-order valence-electron chi connectivity index (χ3n) is 1.61. The Balaban J connectivity index is 2.28. The van der Waals surface area contributed by atoms with Crippen molar-refractivity contribution in [2.24, 2.45) is 0 Å². The standard InChI is InChI=1S/C8H5Cl2N3S2/c9-4-1-2-6(5(10)3-4)11-7-12-13-8(14)15-7/h1-3H,(H,11,12)(H,13,14). The summed E-state index contributed by atoms with van der Waals surface area (Å²) in [5.74, 6) is 0. The molecule has 1 aromatic heterocycles. The van der Waals surface area contributed by atoms with Crippen LogP contribution in [-0.4, -0.2) is 10.2 Å². The second-order valence-electron chi connectivity index (χ2n) is 2.67. The molecule has 0 bridgehead atoms.